The van der Waals surface area contributed by atoms with Crippen LogP contribution in [0.3, 0.4) is 0 Å². The van der Waals surface area contributed by atoms with Crippen molar-refractivity contribution >= 4 is 27.5 Å². The molecule has 1 amide bonds. The van der Waals surface area contributed by atoms with E-state index >= 15 is 0 Å². The number of carbonyl (C=O) groups excluding carboxylic acids is 1. The summed E-state index contributed by atoms with van der Waals surface area (Å²) in [6, 6.07) is 7.71. The van der Waals surface area contributed by atoms with Gasteiger partial charge in [0, 0.05) is 12.4 Å². The molecular formula is C11H14N2OS. The molecule has 1 N–H and O–H groups in total. The first-order valence-electron chi connectivity index (χ1n) is 4.89. The van der Waals surface area contributed by atoms with Crippen molar-refractivity contribution < 1.29 is 4.79 Å². The van der Waals surface area contributed by atoms with Gasteiger partial charge in [-0.25, -0.2) is 0 Å². The predicted octanol–water partition coefficient (Wildman–Crippen LogP) is 2.68. The first-order chi connectivity index (χ1) is 7.33. The Bertz CT molecular complexity index is 451. The highest BCUT2D eigenvalue weighted by molar-refractivity contribution is 7.13. The van der Waals surface area contributed by atoms with Gasteiger partial charge in [0.15, 0.2) is 0 Å². The first-order valence-corrected chi connectivity index (χ1v) is 5.67. The van der Waals surface area contributed by atoms with Crippen molar-refractivity contribution in [2.24, 2.45) is 0 Å². The minimum atomic E-state index is -0.127. The van der Waals surface area contributed by atoms with Crippen molar-refractivity contribution in [1.82, 2.24) is 9.69 Å². The monoisotopic (exact) mass is 222 g/mol. The summed E-state index contributed by atoms with van der Waals surface area (Å²) in [6.45, 7) is 4.00. The maximum atomic E-state index is 11.3. The van der Waals surface area contributed by atoms with Gasteiger partial charge in [-0.2, -0.15) is 4.37 Å². The lowest BCUT2D eigenvalue weighted by Crippen LogP contribution is -2.18. The molecule has 0 bridgehead atoms. The van der Waals surface area contributed by atoms with Crippen LogP contribution in [0.2, 0.25) is 0 Å². The third kappa shape index (κ3) is 2.33. The van der Waals surface area contributed by atoms with E-state index in [1.54, 1.807) is 7.05 Å². The molecule has 1 aromatic heterocycles. The van der Waals surface area contributed by atoms with Gasteiger partial charge < -0.3 is 5.32 Å². The molecule has 80 valence electrons. The highest BCUT2D eigenvalue weighted by Gasteiger charge is 2.11. The lowest BCUT2D eigenvalue weighted by molar-refractivity contribution is 0.0961. The SMILES string of the molecule is CC.CNC(=O)c1nsc2ccccc12. The predicted molar refractivity (Wildman–Crippen MR) is 64.4 cm³/mol. The summed E-state index contributed by atoms with van der Waals surface area (Å²) in [7, 11) is 1.61. The smallest absolute Gasteiger partial charge is 0.271 e. The van der Waals surface area contributed by atoms with Crippen LogP contribution in [0.1, 0.15) is 24.3 Å². The average molecular weight is 222 g/mol. The topological polar surface area (TPSA) is 42.0 Å². The Morgan fingerprint density at radius 3 is 2.67 bits per heavy atom. The number of amides is 1. The Hall–Kier alpha value is -1.42. The van der Waals surface area contributed by atoms with Crippen molar-refractivity contribution in [3.05, 3.63) is 30.0 Å². The van der Waals surface area contributed by atoms with Gasteiger partial charge in [-0.3, -0.25) is 4.79 Å². The zero-order chi connectivity index (χ0) is 11.3. The standard InChI is InChI=1S/C9H8N2OS.C2H6/c1-10-9(12)8-6-4-2-3-5-7(6)13-11-8;1-2/h2-5H,1H3,(H,10,12);1-2H3. The van der Waals surface area contributed by atoms with Crippen molar-refractivity contribution in [2.45, 2.75) is 13.8 Å². The molecule has 2 rings (SSSR count). The third-order valence-corrected chi connectivity index (χ3v) is 2.65. The minimum Gasteiger partial charge on any atom is -0.354 e. The van der Waals surface area contributed by atoms with Crippen molar-refractivity contribution in [2.75, 3.05) is 7.05 Å². The number of fused-ring (bicyclic) bond motifs is 1. The number of aromatic nitrogens is 1. The average Bonchev–Trinajstić information content (AvgIpc) is 2.74. The van der Waals surface area contributed by atoms with Crippen LogP contribution in [-0.4, -0.2) is 17.3 Å². The molecular weight excluding hydrogens is 208 g/mol. The summed E-state index contributed by atoms with van der Waals surface area (Å²) < 4.78 is 5.14. The highest BCUT2D eigenvalue weighted by atomic mass is 32.1. The van der Waals surface area contributed by atoms with E-state index in [1.165, 1.54) is 11.5 Å². The summed E-state index contributed by atoms with van der Waals surface area (Å²) in [5, 5.41) is 3.49. The number of rotatable bonds is 1. The summed E-state index contributed by atoms with van der Waals surface area (Å²) in [5.41, 5.74) is 0.517. The van der Waals surface area contributed by atoms with Gasteiger partial charge in [-0.15, -0.1) is 0 Å². The van der Waals surface area contributed by atoms with Gasteiger partial charge >= 0.3 is 0 Å². The number of hydrogen-bond donors (Lipinski definition) is 1. The molecule has 0 radical (unpaired) electrons. The molecule has 3 nitrogen and oxygen atoms in total. The Balaban J connectivity index is 0.000000531. The molecule has 0 aliphatic carbocycles. The van der Waals surface area contributed by atoms with Crippen LogP contribution < -0.4 is 5.32 Å². The quantitative estimate of drug-likeness (QED) is 0.806. The number of carbonyl (C=O) groups is 1. The van der Waals surface area contributed by atoms with E-state index in [2.05, 4.69) is 9.69 Å². The second kappa shape index (κ2) is 5.46. The summed E-state index contributed by atoms with van der Waals surface area (Å²) in [5.74, 6) is -0.127. The fourth-order valence-corrected chi connectivity index (χ4v) is 1.94. The van der Waals surface area contributed by atoms with Gasteiger partial charge in [0.1, 0.15) is 5.69 Å². The number of nitrogens with zero attached hydrogens (tertiary/aromatic N) is 1. The minimum absolute atomic E-state index is 0.127. The Morgan fingerprint density at radius 1 is 1.33 bits per heavy atom. The molecule has 0 atom stereocenters. The second-order valence-corrected chi connectivity index (χ2v) is 3.41. The van der Waals surface area contributed by atoms with Crippen LogP contribution in [0, 0.1) is 0 Å². The molecule has 15 heavy (non-hydrogen) atoms. The largest absolute Gasteiger partial charge is 0.354 e. The molecule has 1 heterocycles. The van der Waals surface area contributed by atoms with E-state index in [9.17, 15) is 4.79 Å². The summed E-state index contributed by atoms with van der Waals surface area (Å²) in [4.78, 5) is 11.3. The maximum absolute atomic E-state index is 11.3. The van der Waals surface area contributed by atoms with Gasteiger partial charge in [-0.05, 0) is 17.6 Å². The van der Waals surface area contributed by atoms with Crippen molar-refractivity contribution in [3.63, 3.8) is 0 Å². The van der Waals surface area contributed by atoms with E-state index < -0.39 is 0 Å². The molecule has 0 aliphatic rings. The zero-order valence-electron chi connectivity index (χ0n) is 9.07. The van der Waals surface area contributed by atoms with Crippen LogP contribution in [0.25, 0.3) is 10.1 Å². The lowest BCUT2D eigenvalue weighted by atomic mass is 10.2. The van der Waals surface area contributed by atoms with Gasteiger partial charge in [0.05, 0.1) is 4.70 Å². The third-order valence-electron chi connectivity index (χ3n) is 1.82. The molecule has 0 fully saturated rings. The van der Waals surface area contributed by atoms with E-state index in [0.29, 0.717) is 5.69 Å². The van der Waals surface area contributed by atoms with E-state index in [0.717, 1.165) is 10.1 Å². The normalized spacial score (nSPS) is 9.27. The van der Waals surface area contributed by atoms with Crippen molar-refractivity contribution in [3.8, 4) is 0 Å². The highest BCUT2D eigenvalue weighted by Crippen LogP contribution is 2.21. The van der Waals surface area contributed by atoms with E-state index in [-0.39, 0.29) is 5.91 Å². The first kappa shape index (κ1) is 11.7. The van der Waals surface area contributed by atoms with E-state index in [4.69, 9.17) is 0 Å². The summed E-state index contributed by atoms with van der Waals surface area (Å²) in [6.07, 6.45) is 0. The zero-order valence-corrected chi connectivity index (χ0v) is 9.89. The molecule has 2 aromatic rings. The maximum Gasteiger partial charge on any atom is 0.271 e. The van der Waals surface area contributed by atoms with E-state index in [1.807, 2.05) is 38.1 Å². The fourth-order valence-electron chi connectivity index (χ4n) is 1.17. The molecule has 0 spiro atoms. The van der Waals surface area contributed by atoms with Crippen molar-refractivity contribution in [1.29, 1.82) is 0 Å². The molecule has 0 aliphatic heterocycles. The molecule has 0 saturated heterocycles. The van der Waals surface area contributed by atoms with Crippen LogP contribution in [-0.2, 0) is 0 Å². The van der Waals surface area contributed by atoms with Gasteiger partial charge in [0.25, 0.3) is 5.91 Å². The Morgan fingerprint density at radius 2 is 2.00 bits per heavy atom. The van der Waals surface area contributed by atoms with Crippen LogP contribution in [0.5, 0.6) is 0 Å². The van der Waals surface area contributed by atoms with Crippen LogP contribution >= 0.6 is 11.5 Å². The fraction of sp³-hybridized carbons (Fsp3) is 0.273. The van der Waals surface area contributed by atoms with Gasteiger partial charge in [0.2, 0.25) is 0 Å². The number of hydrogen-bond acceptors (Lipinski definition) is 3. The molecule has 0 unspecified atom stereocenters. The van der Waals surface area contributed by atoms with Crippen LogP contribution in [0.4, 0.5) is 0 Å². The van der Waals surface area contributed by atoms with Crippen LogP contribution in [0.15, 0.2) is 24.3 Å². The number of nitrogens with one attached hydrogen (secondary N) is 1. The van der Waals surface area contributed by atoms with Gasteiger partial charge in [-0.1, -0.05) is 32.0 Å². The number of benzene rings is 1. The Kier molecular flexibility index (Phi) is 4.24. The second-order valence-electron chi connectivity index (χ2n) is 2.61. The molecule has 1 aromatic carbocycles. The summed E-state index contributed by atoms with van der Waals surface area (Å²) >= 11 is 1.35. The lowest BCUT2D eigenvalue weighted by Gasteiger charge is -1.94. The molecule has 4 heteroatoms. The molecule has 0 saturated carbocycles. The Labute approximate surface area is 93.3 Å².